The standard InChI is InChI=1S/C60H42N2O/c1-2-17-41(18-3-1)43-19-14-20-44(39-43)45-21-15-22-47(40-45)61(46-37-35-42(36-38-46)48-28-16-29-54-53-27-8-13-34-59(53)63-60(48)54)55-30-9-4-23-49(55)50-24-5-10-31-56(50)62-57-32-11-6-25-51(57)52-26-7-12-33-58(52)62/h1-37,39-40,46H,38H2. The average Bonchev–Trinajstić information content (AvgIpc) is 3.91. The first-order chi connectivity index (χ1) is 31.3. The van der Waals surface area contributed by atoms with Crippen molar-refractivity contribution in [2.45, 2.75) is 12.5 Å². The van der Waals surface area contributed by atoms with Crippen molar-refractivity contribution in [1.82, 2.24) is 4.57 Å². The highest BCUT2D eigenvalue weighted by molar-refractivity contribution is 6.10. The van der Waals surface area contributed by atoms with Crippen molar-refractivity contribution in [3.63, 3.8) is 0 Å². The second kappa shape index (κ2) is 15.4. The van der Waals surface area contributed by atoms with Gasteiger partial charge in [0.05, 0.1) is 22.8 Å². The predicted octanol–water partition coefficient (Wildman–Crippen LogP) is 16.2. The van der Waals surface area contributed by atoms with Crippen molar-refractivity contribution < 1.29 is 4.42 Å². The van der Waals surface area contributed by atoms with Crippen molar-refractivity contribution in [2.75, 3.05) is 4.90 Å². The Morgan fingerprint density at radius 3 is 1.79 bits per heavy atom. The van der Waals surface area contributed by atoms with Crippen LogP contribution < -0.4 is 4.90 Å². The number of benzene rings is 9. The van der Waals surface area contributed by atoms with E-state index in [1.807, 2.05) is 6.07 Å². The number of nitrogens with zero attached hydrogens (tertiary/aromatic N) is 2. The minimum absolute atomic E-state index is 0.0241. The van der Waals surface area contributed by atoms with Gasteiger partial charge in [-0.1, -0.05) is 188 Å². The van der Waals surface area contributed by atoms with Gasteiger partial charge in [-0.25, -0.2) is 0 Å². The molecule has 0 spiro atoms. The second-order valence-electron chi connectivity index (χ2n) is 16.4. The number of rotatable bonds is 8. The SMILES string of the molecule is C1=CC(N(c2cccc(-c3cccc(-c4ccccc4)c3)c2)c2ccccc2-c2ccccc2-n2c3ccccc3c3ccccc32)CC=C1c1cccc2c1oc1ccccc12. The average molecular weight is 807 g/mol. The van der Waals surface area contributed by atoms with Gasteiger partial charge in [0.1, 0.15) is 11.2 Å². The smallest absolute Gasteiger partial charge is 0.143 e. The Bertz CT molecular complexity index is 3510. The van der Waals surface area contributed by atoms with Gasteiger partial charge in [0.15, 0.2) is 0 Å². The molecule has 0 fully saturated rings. The Labute approximate surface area is 366 Å². The van der Waals surface area contributed by atoms with Crippen LogP contribution in [-0.4, -0.2) is 10.6 Å². The van der Waals surface area contributed by atoms with Crippen LogP contribution in [0, 0.1) is 0 Å². The zero-order valence-corrected chi connectivity index (χ0v) is 34.6. The first kappa shape index (κ1) is 36.7. The predicted molar refractivity (Wildman–Crippen MR) is 265 cm³/mol. The summed E-state index contributed by atoms with van der Waals surface area (Å²) in [7, 11) is 0. The molecule has 11 aromatic rings. The third kappa shape index (κ3) is 6.36. The summed E-state index contributed by atoms with van der Waals surface area (Å²) in [6.45, 7) is 0. The van der Waals surface area contributed by atoms with Crippen LogP contribution in [0.3, 0.4) is 0 Å². The Morgan fingerprint density at radius 1 is 0.444 bits per heavy atom. The summed E-state index contributed by atoms with van der Waals surface area (Å²) in [5.41, 5.74) is 17.1. The highest BCUT2D eigenvalue weighted by Crippen LogP contribution is 2.44. The number of aromatic nitrogens is 1. The van der Waals surface area contributed by atoms with Crippen LogP contribution in [0.5, 0.6) is 0 Å². The van der Waals surface area contributed by atoms with Gasteiger partial charge in [-0.3, -0.25) is 0 Å². The number of hydrogen-bond donors (Lipinski definition) is 0. The molecule has 0 radical (unpaired) electrons. The van der Waals surface area contributed by atoms with Gasteiger partial charge in [0.2, 0.25) is 0 Å². The molecule has 9 aromatic carbocycles. The van der Waals surface area contributed by atoms with E-state index in [1.165, 1.54) is 60.8 Å². The van der Waals surface area contributed by atoms with E-state index >= 15 is 0 Å². The Balaban J connectivity index is 1.01. The minimum atomic E-state index is 0.0241. The summed E-state index contributed by atoms with van der Waals surface area (Å²) in [6.07, 6.45) is 7.88. The first-order valence-corrected chi connectivity index (χ1v) is 21.8. The zero-order valence-electron chi connectivity index (χ0n) is 34.6. The maximum atomic E-state index is 6.51. The number of anilines is 2. The van der Waals surface area contributed by atoms with E-state index < -0.39 is 0 Å². The molecule has 0 N–H and O–H groups in total. The maximum Gasteiger partial charge on any atom is 0.143 e. The summed E-state index contributed by atoms with van der Waals surface area (Å²) in [4.78, 5) is 2.55. The molecule has 0 bridgehead atoms. The number of hydrogen-bond acceptors (Lipinski definition) is 2. The summed E-state index contributed by atoms with van der Waals surface area (Å²) in [5.74, 6) is 0. The molecule has 2 aromatic heterocycles. The molecule has 63 heavy (non-hydrogen) atoms. The molecule has 0 amide bonds. The fraction of sp³-hybridized carbons (Fsp3) is 0.0333. The van der Waals surface area contributed by atoms with E-state index in [0.717, 1.165) is 51.0 Å². The largest absolute Gasteiger partial charge is 0.455 e. The van der Waals surface area contributed by atoms with Crippen molar-refractivity contribution >= 4 is 60.7 Å². The Hall–Kier alpha value is -8.14. The maximum absolute atomic E-state index is 6.51. The van der Waals surface area contributed by atoms with E-state index in [4.69, 9.17) is 4.42 Å². The molecule has 1 aliphatic carbocycles. The van der Waals surface area contributed by atoms with Crippen LogP contribution in [0.15, 0.2) is 241 Å². The van der Waals surface area contributed by atoms with Crippen LogP contribution in [0.1, 0.15) is 12.0 Å². The Kier molecular flexibility index (Phi) is 8.97. The normalized spacial score (nSPS) is 13.8. The van der Waals surface area contributed by atoms with Crippen LogP contribution in [0.4, 0.5) is 11.4 Å². The number of furan rings is 1. The van der Waals surface area contributed by atoms with Crippen LogP contribution in [0.2, 0.25) is 0 Å². The van der Waals surface area contributed by atoms with Gasteiger partial charge in [0, 0.05) is 49.6 Å². The quantitative estimate of drug-likeness (QED) is 0.153. The summed E-state index contributed by atoms with van der Waals surface area (Å²) >= 11 is 0. The molecular weight excluding hydrogens is 765 g/mol. The van der Waals surface area contributed by atoms with Gasteiger partial charge in [-0.15, -0.1) is 0 Å². The molecule has 2 heterocycles. The number of allylic oxidation sites excluding steroid dienone is 2. The van der Waals surface area contributed by atoms with Crippen LogP contribution in [-0.2, 0) is 0 Å². The lowest BCUT2D eigenvalue weighted by Gasteiger charge is -2.35. The number of fused-ring (bicyclic) bond motifs is 6. The molecule has 1 atom stereocenters. The minimum Gasteiger partial charge on any atom is -0.455 e. The number of para-hydroxylation sites is 6. The molecule has 1 aliphatic rings. The molecule has 3 nitrogen and oxygen atoms in total. The van der Waals surface area contributed by atoms with Crippen molar-refractivity contribution in [1.29, 1.82) is 0 Å². The van der Waals surface area contributed by atoms with Crippen LogP contribution in [0.25, 0.3) is 88.4 Å². The highest BCUT2D eigenvalue weighted by atomic mass is 16.3. The van der Waals surface area contributed by atoms with Crippen molar-refractivity contribution in [2.24, 2.45) is 0 Å². The van der Waals surface area contributed by atoms with E-state index in [9.17, 15) is 0 Å². The summed E-state index contributed by atoms with van der Waals surface area (Å²) < 4.78 is 8.95. The molecule has 0 saturated carbocycles. The lowest BCUT2D eigenvalue weighted by Crippen LogP contribution is -2.30. The third-order valence-electron chi connectivity index (χ3n) is 12.7. The van der Waals surface area contributed by atoms with Gasteiger partial charge in [-0.2, -0.15) is 0 Å². The second-order valence-corrected chi connectivity index (χ2v) is 16.4. The van der Waals surface area contributed by atoms with Gasteiger partial charge in [-0.05, 0) is 82.8 Å². The fourth-order valence-electron chi connectivity index (χ4n) is 9.82. The van der Waals surface area contributed by atoms with Crippen molar-refractivity contribution in [3.8, 4) is 39.1 Å². The molecule has 12 rings (SSSR count). The molecular formula is C60H42N2O. The van der Waals surface area contributed by atoms with E-state index in [-0.39, 0.29) is 6.04 Å². The summed E-state index contributed by atoms with van der Waals surface area (Å²) in [6, 6.07) is 78.8. The van der Waals surface area contributed by atoms with Gasteiger partial charge >= 0.3 is 0 Å². The molecule has 0 aliphatic heterocycles. The molecule has 3 heteroatoms. The van der Waals surface area contributed by atoms with E-state index in [1.54, 1.807) is 0 Å². The van der Waals surface area contributed by atoms with Gasteiger partial charge in [0.25, 0.3) is 0 Å². The fourth-order valence-corrected chi connectivity index (χ4v) is 9.82. The Morgan fingerprint density at radius 2 is 1.02 bits per heavy atom. The molecule has 0 saturated heterocycles. The van der Waals surface area contributed by atoms with E-state index in [0.29, 0.717) is 0 Å². The van der Waals surface area contributed by atoms with Crippen LogP contribution >= 0.6 is 0 Å². The lowest BCUT2D eigenvalue weighted by molar-refractivity contribution is 0.667. The summed E-state index contributed by atoms with van der Waals surface area (Å²) in [5, 5.41) is 4.79. The van der Waals surface area contributed by atoms with Crippen molar-refractivity contribution in [3.05, 3.63) is 242 Å². The zero-order chi connectivity index (χ0) is 41.7. The third-order valence-corrected chi connectivity index (χ3v) is 12.7. The molecule has 1 unspecified atom stereocenters. The highest BCUT2D eigenvalue weighted by Gasteiger charge is 2.26. The van der Waals surface area contributed by atoms with Gasteiger partial charge < -0.3 is 13.9 Å². The first-order valence-electron chi connectivity index (χ1n) is 21.8. The monoisotopic (exact) mass is 806 g/mol. The lowest BCUT2D eigenvalue weighted by atomic mass is 9.93. The van der Waals surface area contributed by atoms with E-state index in [2.05, 4.69) is 240 Å². The topological polar surface area (TPSA) is 21.3 Å². The molecule has 298 valence electrons.